The molecule has 2 aromatic rings. The Labute approximate surface area is 240 Å². The van der Waals surface area contributed by atoms with Gasteiger partial charge in [-0.25, -0.2) is 32.4 Å². The fourth-order valence-corrected chi connectivity index (χ4v) is 10.6. The van der Waals surface area contributed by atoms with Crippen LogP contribution in [0.15, 0.2) is 11.1 Å². The third-order valence-corrected chi connectivity index (χ3v) is 13.2. The molecule has 1 aliphatic heterocycles. The number of imidazole rings is 1. The van der Waals surface area contributed by atoms with Crippen LogP contribution in [0.1, 0.15) is 6.23 Å². The minimum Gasteiger partial charge on any atom is -0.387 e. The van der Waals surface area contributed by atoms with Gasteiger partial charge in [-0.2, -0.15) is 26.5 Å². The normalized spacial score (nSPS) is 26.9. The largest absolute Gasteiger partial charge is 0.492 e. The molecule has 0 bridgehead atoms. The minimum atomic E-state index is -6.53. The van der Waals surface area contributed by atoms with Gasteiger partial charge in [-0.05, 0) is 0 Å². The highest BCUT2D eigenvalue weighted by Crippen LogP contribution is 2.76. The average Bonchev–Trinajstić information content (AvgIpc) is 3.28. The molecule has 1 saturated heterocycles. The zero-order chi connectivity index (χ0) is 33.7. The maximum absolute atomic E-state index is 13.0. The third kappa shape index (κ3) is 10.2. The van der Waals surface area contributed by atoms with Crippen LogP contribution >= 0.6 is 46.9 Å². The van der Waals surface area contributed by atoms with Crippen molar-refractivity contribution in [1.82, 2.24) is 19.5 Å². The van der Waals surface area contributed by atoms with Crippen molar-refractivity contribution in [1.29, 1.82) is 0 Å². The summed E-state index contributed by atoms with van der Waals surface area (Å²) in [4.78, 5) is 84.7. The summed E-state index contributed by atoms with van der Waals surface area (Å²) in [5, 5.41) is 20.9. The molecule has 44 heavy (non-hydrogen) atoms. The van der Waals surface area contributed by atoms with Gasteiger partial charge in [0.1, 0.15) is 18.3 Å². The lowest BCUT2D eigenvalue weighted by molar-refractivity contribution is -0.0502. The first-order valence-corrected chi connectivity index (χ1v) is 19.4. The molecule has 28 nitrogen and oxygen atoms in total. The summed E-state index contributed by atoms with van der Waals surface area (Å²) in [6, 6.07) is 0. The van der Waals surface area contributed by atoms with E-state index in [9.17, 15) is 57.1 Å². The number of aromatic nitrogens is 4. The molecule has 0 spiro atoms. The smallest absolute Gasteiger partial charge is 0.387 e. The summed E-state index contributed by atoms with van der Waals surface area (Å²) < 4.78 is 98.8. The van der Waals surface area contributed by atoms with Gasteiger partial charge in [-0.3, -0.25) is 18.9 Å². The Hall–Kier alpha value is -1.11. The molecular weight excluding hydrogens is 744 g/mol. The Kier molecular flexibility index (Phi) is 10.9. The molecule has 2 aromatic heterocycles. The highest BCUT2D eigenvalue weighted by Gasteiger charge is 2.52. The van der Waals surface area contributed by atoms with Crippen LogP contribution in [-0.2, 0) is 58.2 Å². The number of nitrogens with two attached hydrogens (primary N) is 1. The molecule has 252 valence electrons. The van der Waals surface area contributed by atoms with Crippen molar-refractivity contribution in [3.8, 4) is 0 Å². The van der Waals surface area contributed by atoms with Gasteiger partial charge in [0, 0.05) is 0 Å². The van der Waals surface area contributed by atoms with Gasteiger partial charge < -0.3 is 54.9 Å². The van der Waals surface area contributed by atoms with Crippen LogP contribution in [0.2, 0.25) is 0 Å². The number of nitrogen functional groups attached to an aromatic ring is 1. The van der Waals surface area contributed by atoms with Crippen LogP contribution < -0.4 is 11.3 Å². The number of nitrogens with one attached hydrogen (secondary N) is 1. The lowest BCUT2D eigenvalue weighted by Crippen LogP contribution is -2.33. The minimum absolute atomic E-state index is 0.290. The summed E-state index contributed by atoms with van der Waals surface area (Å²) in [5.41, 5.74) is 4.04. The van der Waals surface area contributed by atoms with Crippen molar-refractivity contribution in [3.63, 3.8) is 0 Å². The molecule has 0 aromatic carbocycles. The van der Waals surface area contributed by atoms with Crippen molar-refractivity contribution < 1.29 is 103 Å². The first-order valence-electron chi connectivity index (χ1n) is 10.4. The summed E-state index contributed by atoms with van der Waals surface area (Å²) >= 11 is 0. The number of anilines is 1. The first kappa shape index (κ1) is 37.3. The van der Waals surface area contributed by atoms with E-state index >= 15 is 0 Å². The van der Waals surface area contributed by atoms with E-state index in [0.717, 1.165) is 10.9 Å². The van der Waals surface area contributed by atoms with Gasteiger partial charge in [0.2, 0.25) is 5.95 Å². The molecular formula is C10H19N5O23P6. The number of hydrogen-bond donors (Lipinski definition) is 11. The van der Waals surface area contributed by atoms with E-state index in [1.54, 1.807) is 0 Å². The van der Waals surface area contributed by atoms with E-state index in [4.69, 9.17) is 30.0 Å². The van der Waals surface area contributed by atoms with Gasteiger partial charge in [0.15, 0.2) is 17.4 Å². The molecule has 0 amide bonds. The number of H-pyrrole nitrogens is 1. The monoisotopic (exact) mass is 763 g/mol. The quantitative estimate of drug-likeness (QED) is 0.0928. The van der Waals surface area contributed by atoms with Crippen molar-refractivity contribution in [2.45, 2.75) is 24.5 Å². The molecule has 0 aliphatic carbocycles. The van der Waals surface area contributed by atoms with Gasteiger partial charge in [-0.15, -0.1) is 0 Å². The summed E-state index contributed by atoms with van der Waals surface area (Å²) in [7, 11) is -37.5. The number of aliphatic hydroxyl groups is 2. The second-order valence-electron chi connectivity index (χ2n) is 7.86. The van der Waals surface area contributed by atoms with E-state index in [1.165, 1.54) is 0 Å². The molecule has 8 atom stereocenters. The van der Waals surface area contributed by atoms with E-state index in [0.29, 0.717) is 0 Å². The molecule has 4 unspecified atom stereocenters. The van der Waals surface area contributed by atoms with E-state index in [2.05, 4.69) is 41.0 Å². The van der Waals surface area contributed by atoms with Crippen LogP contribution in [-0.4, -0.2) is 88.9 Å². The predicted molar refractivity (Wildman–Crippen MR) is 131 cm³/mol. The Morgan fingerprint density at radius 3 is 1.86 bits per heavy atom. The van der Waals surface area contributed by atoms with Gasteiger partial charge in [-0.1, -0.05) is 0 Å². The highest BCUT2D eigenvalue weighted by molar-refractivity contribution is 7.72. The second kappa shape index (κ2) is 12.8. The van der Waals surface area contributed by atoms with Crippen LogP contribution in [0.4, 0.5) is 5.95 Å². The number of ether oxygens (including phenoxy) is 1. The highest BCUT2D eigenvalue weighted by atomic mass is 31.3. The number of aromatic amines is 1. The maximum Gasteiger partial charge on any atom is 0.492 e. The fraction of sp³-hybridized carbons (Fsp3) is 0.500. The van der Waals surface area contributed by atoms with Crippen LogP contribution in [0.3, 0.4) is 0 Å². The Balaban J connectivity index is 1.88. The van der Waals surface area contributed by atoms with Gasteiger partial charge in [0.05, 0.1) is 12.9 Å². The van der Waals surface area contributed by atoms with Crippen molar-refractivity contribution in [3.05, 3.63) is 16.7 Å². The SMILES string of the molecule is Nc1nc2c(ncn2[C@@H]2O[C@H](COP(=O)(OP(=O)(O)OP(=O)(O)O)OP(=O)(O)OP(=O)(O)OP(=O)(O)O)[C@@H](O)[C@H]2O)c(=O)[nH]1. The second-order valence-corrected chi connectivity index (χ2v) is 17.1. The zero-order valence-corrected chi connectivity index (χ0v) is 25.8. The predicted octanol–water partition coefficient (Wildman–Crippen LogP) is -1.98. The molecule has 1 fully saturated rings. The van der Waals surface area contributed by atoms with Crippen molar-refractivity contribution in [2.24, 2.45) is 0 Å². The molecule has 12 N–H and O–H groups in total. The topological polar surface area (TPSA) is 439 Å². The van der Waals surface area contributed by atoms with Crippen LogP contribution in [0.5, 0.6) is 0 Å². The third-order valence-electron chi connectivity index (χ3n) is 4.49. The van der Waals surface area contributed by atoms with E-state index in [1.807, 2.05) is 0 Å². The number of hydrogen-bond acceptors (Lipinski definition) is 19. The summed E-state index contributed by atoms with van der Waals surface area (Å²) in [6.45, 7) is -1.47. The average molecular weight is 763 g/mol. The standard InChI is InChI=1S/C10H19N5O23P6/c11-10-13-7-4(8(18)14-10)12-2-15(7)9-6(17)5(16)3(33-9)1-32-44(31,37-42(27,28)35-40(22,23)24)38-43(29,30)36-41(25,26)34-39(19,20)21/h2-3,5-6,9,16-17H,1H2,(H,25,26)(H,27,28)(H,29,30)(H2,19,20,21)(H2,22,23,24)(H3,11,13,14,18)/t3-,5-,6-,9-,44?/m1/s1. The van der Waals surface area contributed by atoms with E-state index in [-0.39, 0.29) is 11.2 Å². The lowest BCUT2D eigenvalue weighted by atomic mass is 10.1. The van der Waals surface area contributed by atoms with Crippen molar-refractivity contribution in [2.75, 3.05) is 12.3 Å². The number of rotatable bonds is 14. The Bertz CT molecular complexity index is 1740. The number of phosphoric acid groups is 6. The van der Waals surface area contributed by atoms with Gasteiger partial charge in [0.25, 0.3) is 5.56 Å². The molecule has 3 rings (SSSR count). The number of aliphatic hydroxyl groups excluding tert-OH is 2. The maximum atomic E-state index is 13.0. The fourth-order valence-electron chi connectivity index (χ4n) is 3.15. The molecule has 0 saturated carbocycles. The number of nitrogens with zero attached hydrogens (tertiary/aromatic N) is 3. The number of fused-ring (bicyclic) bond motifs is 1. The Morgan fingerprint density at radius 2 is 1.34 bits per heavy atom. The van der Waals surface area contributed by atoms with Crippen LogP contribution in [0.25, 0.3) is 11.2 Å². The summed E-state index contributed by atoms with van der Waals surface area (Å²) in [5.74, 6) is -0.410. The van der Waals surface area contributed by atoms with Gasteiger partial charge >= 0.3 is 46.9 Å². The van der Waals surface area contributed by atoms with Crippen LogP contribution in [0, 0.1) is 0 Å². The van der Waals surface area contributed by atoms with Crippen molar-refractivity contribution >= 4 is 64.0 Å². The molecule has 34 heteroatoms. The first-order chi connectivity index (χ1) is 19.7. The molecule has 1 aliphatic rings. The lowest BCUT2D eigenvalue weighted by Gasteiger charge is -2.24. The Morgan fingerprint density at radius 1 is 0.841 bits per heavy atom. The zero-order valence-electron chi connectivity index (χ0n) is 20.4. The molecule has 3 heterocycles. The van der Waals surface area contributed by atoms with E-state index < -0.39 is 89.6 Å². The summed E-state index contributed by atoms with van der Waals surface area (Å²) in [6.07, 6.45) is -6.78. The molecule has 0 radical (unpaired) electrons.